The van der Waals surface area contributed by atoms with E-state index in [0.29, 0.717) is 24.2 Å². The van der Waals surface area contributed by atoms with Gasteiger partial charge in [-0.2, -0.15) is 0 Å². The molecule has 0 radical (unpaired) electrons. The zero-order valence-corrected chi connectivity index (χ0v) is 17.4. The van der Waals surface area contributed by atoms with Crippen LogP contribution in [0.1, 0.15) is 76.3 Å². The van der Waals surface area contributed by atoms with Crippen molar-refractivity contribution in [3.8, 4) is 0 Å². The molecule has 2 aliphatic heterocycles. The predicted molar refractivity (Wildman–Crippen MR) is 118 cm³/mol. The van der Waals surface area contributed by atoms with Crippen LogP contribution in [0.15, 0.2) is 25.3 Å². The molecule has 150 valence electrons. The smallest absolute Gasteiger partial charge is 0.258 e. The lowest BCUT2D eigenvalue weighted by atomic mass is 10.0. The molecule has 2 heterocycles. The Morgan fingerprint density at radius 2 is 1.07 bits per heavy atom. The van der Waals surface area contributed by atoms with Crippen molar-refractivity contribution in [3.05, 3.63) is 36.4 Å². The molecule has 0 unspecified atom stereocenters. The summed E-state index contributed by atoms with van der Waals surface area (Å²) in [5.74, 6) is -0.0248. The SMILES string of the molecule is C=C1C(=O)N(CCCCCC)c2cc3c(cc21)N(CCCCCC)C(=O)C3=C. The van der Waals surface area contributed by atoms with Crippen molar-refractivity contribution in [3.63, 3.8) is 0 Å². The number of amides is 2. The van der Waals surface area contributed by atoms with E-state index in [9.17, 15) is 9.59 Å². The third-order valence-corrected chi connectivity index (χ3v) is 5.82. The maximum Gasteiger partial charge on any atom is 0.258 e. The average molecular weight is 381 g/mol. The number of unbranched alkanes of at least 4 members (excludes halogenated alkanes) is 6. The Labute approximate surface area is 168 Å². The normalized spacial score (nSPS) is 15.6. The van der Waals surface area contributed by atoms with Gasteiger partial charge in [0.15, 0.2) is 0 Å². The fourth-order valence-electron chi connectivity index (χ4n) is 4.12. The fraction of sp³-hybridized carbons (Fsp3) is 0.500. The number of carbonyl (C=O) groups is 2. The monoisotopic (exact) mass is 380 g/mol. The second-order valence-electron chi connectivity index (χ2n) is 7.88. The van der Waals surface area contributed by atoms with Gasteiger partial charge in [0.1, 0.15) is 0 Å². The van der Waals surface area contributed by atoms with E-state index in [4.69, 9.17) is 0 Å². The van der Waals surface area contributed by atoms with Gasteiger partial charge in [-0.05, 0) is 25.0 Å². The highest BCUT2D eigenvalue weighted by Gasteiger charge is 2.37. The van der Waals surface area contributed by atoms with Gasteiger partial charge < -0.3 is 9.80 Å². The van der Waals surface area contributed by atoms with Gasteiger partial charge in [0.25, 0.3) is 11.8 Å². The number of fused-ring (bicyclic) bond motifs is 2. The van der Waals surface area contributed by atoms with Crippen LogP contribution >= 0.6 is 0 Å². The van der Waals surface area contributed by atoms with Crippen LogP contribution in [0.3, 0.4) is 0 Å². The minimum absolute atomic E-state index is 0.0124. The fourth-order valence-corrected chi connectivity index (χ4v) is 4.12. The first kappa shape index (κ1) is 20.4. The Balaban J connectivity index is 1.85. The Bertz CT molecular complexity index is 741. The summed E-state index contributed by atoms with van der Waals surface area (Å²) in [5.41, 5.74) is 4.55. The Kier molecular flexibility index (Phi) is 6.38. The van der Waals surface area contributed by atoms with Gasteiger partial charge in [0.2, 0.25) is 0 Å². The lowest BCUT2D eigenvalue weighted by Gasteiger charge is -2.19. The third kappa shape index (κ3) is 3.65. The second-order valence-corrected chi connectivity index (χ2v) is 7.88. The van der Waals surface area contributed by atoms with Crippen LogP contribution in [0.2, 0.25) is 0 Å². The quantitative estimate of drug-likeness (QED) is 0.393. The zero-order chi connectivity index (χ0) is 20.3. The van der Waals surface area contributed by atoms with E-state index in [1.165, 1.54) is 25.7 Å². The number of nitrogens with zero attached hydrogens (tertiary/aromatic N) is 2. The molecule has 2 amide bonds. The Hall–Kier alpha value is -2.36. The molecule has 0 aromatic heterocycles. The largest absolute Gasteiger partial charge is 0.308 e. The van der Waals surface area contributed by atoms with Gasteiger partial charge in [0.05, 0.1) is 11.4 Å². The summed E-state index contributed by atoms with van der Waals surface area (Å²) in [7, 11) is 0. The maximum absolute atomic E-state index is 12.7. The molecule has 0 spiro atoms. The summed E-state index contributed by atoms with van der Waals surface area (Å²) >= 11 is 0. The highest BCUT2D eigenvalue weighted by atomic mass is 16.2. The van der Waals surface area contributed by atoms with Crippen molar-refractivity contribution in [2.24, 2.45) is 0 Å². The first-order valence-corrected chi connectivity index (χ1v) is 10.7. The predicted octanol–water partition coefficient (Wildman–Crippen LogP) is 5.57. The molecule has 2 aliphatic rings. The van der Waals surface area contributed by atoms with Crippen molar-refractivity contribution in [1.82, 2.24) is 0 Å². The first-order valence-electron chi connectivity index (χ1n) is 10.7. The standard InChI is InChI=1S/C24H32N2O2/c1-5-7-9-11-13-25-21-15-20-18(4)24(28)26(14-12-10-8-6-2)22(20)16-19(21)17(3)23(25)27/h15-16H,3-14H2,1-2H3. The number of hydrogen-bond donors (Lipinski definition) is 0. The van der Waals surface area contributed by atoms with Crippen molar-refractivity contribution >= 4 is 34.3 Å². The van der Waals surface area contributed by atoms with Gasteiger partial charge >= 0.3 is 0 Å². The molecule has 4 nitrogen and oxygen atoms in total. The van der Waals surface area contributed by atoms with Gasteiger partial charge in [-0.1, -0.05) is 65.5 Å². The molecule has 4 heteroatoms. The Morgan fingerprint density at radius 3 is 1.43 bits per heavy atom. The summed E-state index contributed by atoms with van der Waals surface area (Å²) in [5, 5.41) is 0. The minimum Gasteiger partial charge on any atom is -0.308 e. The molecule has 3 rings (SSSR count). The van der Waals surface area contributed by atoms with Crippen molar-refractivity contribution < 1.29 is 9.59 Å². The van der Waals surface area contributed by atoms with Crippen molar-refractivity contribution in [2.75, 3.05) is 22.9 Å². The van der Waals surface area contributed by atoms with Crippen LogP contribution < -0.4 is 9.80 Å². The number of hydrogen-bond acceptors (Lipinski definition) is 2. The molecular weight excluding hydrogens is 348 g/mol. The molecule has 0 bridgehead atoms. The molecule has 0 aliphatic carbocycles. The molecule has 1 aromatic rings. The van der Waals surface area contributed by atoms with E-state index in [2.05, 4.69) is 27.0 Å². The van der Waals surface area contributed by atoms with Crippen LogP contribution in [-0.4, -0.2) is 24.9 Å². The topological polar surface area (TPSA) is 40.6 Å². The molecular formula is C24H32N2O2. The van der Waals surface area contributed by atoms with Gasteiger partial charge in [0, 0.05) is 35.4 Å². The summed E-state index contributed by atoms with van der Waals surface area (Å²) in [6.07, 6.45) is 8.88. The third-order valence-electron chi connectivity index (χ3n) is 5.82. The number of benzene rings is 1. The van der Waals surface area contributed by atoms with Gasteiger partial charge in [-0.25, -0.2) is 0 Å². The number of rotatable bonds is 10. The molecule has 0 atom stereocenters. The van der Waals surface area contributed by atoms with Crippen molar-refractivity contribution in [2.45, 2.75) is 65.2 Å². The second kappa shape index (κ2) is 8.76. The van der Waals surface area contributed by atoms with Crippen molar-refractivity contribution in [1.29, 1.82) is 0 Å². The Morgan fingerprint density at radius 1 is 0.679 bits per heavy atom. The molecule has 0 fully saturated rings. The van der Waals surface area contributed by atoms with Crippen LogP contribution in [-0.2, 0) is 9.59 Å². The molecule has 1 aromatic carbocycles. The van der Waals surface area contributed by atoms with Crippen LogP contribution in [0, 0.1) is 0 Å². The van der Waals surface area contributed by atoms with Gasteiger partial charge in [-0.15, -0.1) is 0 Å². The number of carbonyl (C=O) groups excluding carboxylic acids is 2. The molecule has 0 N–H and O–H groups in total. The summed E-state index contributed by atoms with van der Waals surface area (Å²) in [4.78, 5) is 29.2. The van der Waals surface area contributed by atoms with E-state index in [1.807, 2.05) is 21.9 Å². The molecule has 0 saturated heterocycles. The molecule has 0 saturated carbocycles. The van der Waals surface area contributed by atoms with Gasteiger partial charge in [-0.3, -0.25) is 9.59 Å². The van der Waals surface area contributed by atoms with Crippen LogP contribution in [0.5, 0.6) is 0 Å². The van der Waals surface area contributed by atoms with Crippen LogP contribution in [0.25, 0.3) is 11.1 Å². The lowest BCUT2D eigenvalue weighted by molar-refractivity contribution is -0.113. The summed E-state index contributed by atoms with van der Waals surface area (Å²) < 4.78 is 0. The lowest BCUT2D eigenvalue weighted by Crippen LogP contribution is -2.27. The van der Waals surface area contributed by atoms with E-state index in [0.717, 1.165) is 48.2 Å². The van der Waals surface area contributed by atoms with E-state index in [1.54, 1.807) is 0 Å². The first-order chi connectivity index (χ1) is 13.5. The molecule has 28 heavy (non-hydrogen) atoms. The summed E-state index contributed by atoms with van der Waals surface area (Å²) in [6.45, 7) is 13.8. The highest BCUT2D eigenvalue weighted by Crippen LogP contribution is 2.45. The zero-order valence-electron chi connectivity index (χ0n) is 17.4. The maximum atomic E-state index is 12.7. The minimum atomic E-state index is -0.0124. The van der Waals surface area contributed by atoms with Crippen LogP contribution in [0.4, 0.5) is 11.4 Å². The van der Waals surface area contributed by atoms with E-state index >= 15 is 0 Å². The average Bonchev–Trinajstić information content (AvgIpc) is 3.07. The van der Waals surface area contributed by atoms with E-state index < -0.39 is 0 Å². The van der Waals surface area contributed by atoms with E-state index in [-0.39, 0.29) is 11.8 Å². The highest BCUT2D eigenvalue weighted by molar-refractivity contribution is 6.35. The number of anilines is 2. The summed E-state index contributed by atoms with van der Waals surface area (Å²) in [6, 6.07) is 3.96.